The van der Waals surface area contributed by atoms with Crippen molar-refractivity contribution in [1.82, 2.24) is 10.2 Å². The van der Waals surface area contributed by atoms with Crippen LogP contribution in [0.1, 0.15) is 19.8 Å². The second-order valence-electron chi connectivity index (χ2n) is 4.50. The predicted molar refractivity (Wildman–Crippen MR) is 63.9 cm³/mol. The van der Waals surface area contributed by atoms with Crippen molar-refractivity contribution in [3.05, 3.63) is 12.2 Å². The van der Waals surface area contributed by atoms with Crippen LogP contribution in [0.5, 0.6) is 0 Å². The third kappa shape index (κ3) is 4.78. The summed E-state index contributed by atoms with van der Waals surface area (Å²) < 4.78 is 0. The summed E-state index contributed by atoms with van der Waals surface area (Å²) in [6, 6.07) is 0. The molecule has 1 rings (SSSR count). The first kappa shape index (κ1) is 12.7. The maximum absolute atomic E-state index is 9.03. The van der Waals surface area contributed by atoms with E-state index in [0.717, 1.165) is 39.1 Å². The Morgan fingerprint density at radius 2 is 2.40 bits per heavy atom. The molecule has 3 nitrogen and oxygen atoms in total. The summed E-state index contributed by atoms with van der Waals surface area (Å²) in [5.74, 6) is 0.487. The summed E-state index contributed by atoms with van der Waals surface area (Å²) in [7, 11) is 0. The Kier molecular flexibility index (Phi) is 5.91. The summed E-state index contributed by atoms with van der Waals surface area (Å²) in [5, 5.41) is 12.4. The molecule has 0 radical (unpaired) electrons. The van der Waals surface area contributed by atoms with Crippen molar-refractivity contribution in [1.29, 1.82) is 0 Å². The van der Waals surface area contributed by atoms with Gasteiger partial charge in [0.25, 0.3) is 0 Å². The highest BCUT2D eigenvalue weighted by Gasteiger charge is 2.21. The van der Waals surface area contributed by atoms with Gasteiger partial charge in [0.05, 0.1) is 0 Å². The van der Waals surface area contributed by atoms with Crippen LogP contribution in [-0.2, 0) is 0 Å². The van der Waals surface area contributed by atoms with Crippen LogP contribution in [-0.4, -0.2) is 49.3 Å². The van der Waals surface area contributed by atoms with Crippen LogP contribution < -0.4 is 5.32 Å². The van der Waals surface area contributed by atoms with E-state index < -0.39 is 0 Å². The molecule has 0 aromatic heterocycles. The summed E-state index contributed by atoms with van der Waals surface area (Å²) in [5.41, 5.74) is 1.25. The van der Waals surface area contributed by atoms with Crippen molar-refractivity contribution in [2.24, 2.45) is 5.92 Å². The van der Waals surface area contributed by atoms with Gasteiger partial charge in [0.2, 0.25) is 0 Å². The number of hydrogen-bond donors (Lipinski definition) is 2. The Labute approximate surface area is 93.2 Å². The van der Waals surface area contributed by atoms with Gasteiger partial charge in [0.15, 0.2) is 0 Å². The van der Waals surface area contributed by atoms with Gasteiger partial charge in [0, 0.05) is 26.2 Å². The molecule has 0 aliphatic carbocycles. The minimum atomic E-state index is 0.330. The van der Waals surface area contributed by atoms with Gasteiger partial charge in [-0.2, -0.15) is 0 Å². The van der Waals surface area contributed by atoms with Crippen LogP contribution in [0.25, 0.3) is 0 Å². The minimum Gasteiger partial charge on any atom is -0.396 e. The first-order chi connectivity index (χ1) is 7.26. The molecular weight excluding hydrogens is 188 g/mol. The number of hydrogen-bond acceptors (Lipinski definition) is 3. The minimum absolute atomic E-state index is 0.330. The predicted octanol–water partition coefficient (Wildman–Crippen LogP) is 0.856. The van der Waals surface area contributed by atoms with Gasteiger partial charge in [0.1, 0.15) is 0 Å². The third-order valence-electron chi connectivity index (χ3n) is 2.88. The molecule has 0 aromatic rings. The molecule has 1 saturated heterocycles. The molecule has 3 heteroatoms. The molecule has 2 N–H and O–H groups in total. The van der Waals surface area contributed by atoms with Crippen LogP contribution in [0, 0.1) is 5.92 Å². The van der Waals surface area contributed by atoms with E-state index in [0.29, 0.717) is 12.5 Å². The van der Waals surface area contributed by atoms with Gasteiger partial charge in [-0.1, -0.05) is 13.5 Å². The quantitative estimate of drug-likeness (QED) is 0.485. The fraction of sp³-hybridized carbons (Fsp3) is 0.833. The lowest BCUT2D eigenvalue weighted by Crippen LogP contribution is -2.28. The van der Waals surface area contributed by atoms with Crippen molar-refractivity contribution >= 4 is 0 Å². The average Bonchev–Trinajstić information content (AvgIpc) is 2.66. The van der Waals surface area contributed by atoms with Gasteiger partial charge < -0.3 is 10.4 Å². The lowest BCUT2D eigenvalue weighted by molar-refractivity contribution is 0.224. The molecule has 0 aromatic carbocycles. The molecule has 0 bridgehead atoms. The monoisotopic (exact) mass is 212 g/mol. The van der Waals surface area contributed by atoms with Gasteiger partial charge in [-0.3, -0.25) is 4.90 Å². The molecule has 0 amide bonds. The van der Waals surface area contributed by atoms with Crippen molar-refractivity contribution in [3.63, 3.8) is 0 Å². The van der Waals surface area contributed by atoms with E-state index in [1.807, 2.05) is 0 Å². The van der Waals surface area contributed by atoms with E-state index >= 15 is 0 Å². The zero-order chi connectivity index (χ0) is 11.1. The summed E-state index contributed by atoms with van der Waals surface area (Å²) >= 11 is 0. The van der Waals surface area contributed by atoms with Gasteiger partial charge in [-0.25, -0.2) is 0 Å². The summed E-state index contributed by atoms with van der Waals surface area (Å²) in [6.07, 6.45) is 2.30. The number of likely N-dealkylation sites (tertiary alicyclic amines) is 1. The molecule has 1 atom stereocenters. The highest BCUT2D eigenvalue weighted by Crippen LogP contribution is 2.15. The first-order valence-corrected chi connectivity index (χ1v) is 5.96. The zero-order valence-electron chi connectivity index (χ0n) is 9.84. The summed E-state index contributed by atoms with van der Waals surface area (Å²) in [6.45, 7) is 11.7. The standard InChI is InChI=1S/C12H24N2O/c1-3-5-13-7-11(2)8-14-6-4-12(9-14)10-15/h12-13,15H,2-10H2,1H3. The van der Waals surface area contributed by atoms with Crippen molar-refractivity contribution < 1.29 is 5.11 Å². The van der Waals surface area contributed by atoms with Gasteiger partial charge in [-0.05, 0) is 37.4 Å². The number of rotatable bonds is 7. The van der Waals surface area contributed by atoms with Gasteiger partial charge in [-0.15, -0.1) is 0 Å². The normalized spacial score (nSPS) is 22.1. The van der Waals surface area contributed by atoms with Crippen molar-refractivity contribution in [3.8, 4) is 0 Å². The number of aliphatic hydroxyl groups is 1. The zero-order valence-corrected chi connectivity index (χ0v) is 9.84. The van der Waals surface area contributed by atoms with E-state index in [4.69, 9.17) is 5.11 Å². The SMILES string of the molecule is C=C(CNCCC)CN1CCC(CO)C1. The molecular formula is C12H24N2O. The molecule has 15 heavy (non-hydrogen) atoms. The summed E-state index contributed by atoms with van der Waals surface area (Å²) in [4.78, 5) is 2.39. The molecule has 1 fully saturated rings. The van der Waals surface area contributed by atoms with E-state index in [2.05, 4.69) is 23.7 Å². The fourth-order valence-corrected chi connectivity index (χ4v) is 2.02. The van der Waals surface area contributed by atoms with Crippen LogP contribution in [0.3, 0.4) is 0 Å². The highest BCUT2D eigenvalue weighted by molar-refractivity contribution is 5.00. The molecule has 88 valence electrons. The molecule has 1 heterocycles. The van der Waals surface area contributed by atoms with Crippen LogP contribution in [0.15, 0.2) is 12.2 Å². The molecule has 0 spiro atoms. The fourth-order valence-electron chi connectivity index (χ4n) is 2.02. The maximum Gasteiger partial charge on any atom is 0.0471 e. The van der Waals surface area contributed by atoms with E-state index in [-0.39, 0.29) is 0 Å². The van der Waals surface area contributed by atoms with Crippen LogP contribution >= 0.6 is 0 Å². The second kappa shape index (κ2) is 6.99. The average molecular weight is 212 g/mol. The first-order valence-electron chi connectivity index (χ1n) is 5.96. The maximum atomic E-state index is 9.03. The topological polar surface area (TPSA) is 35.5 Å². The van der Waals surface area contributed by atoms with Crippen molar-refractivity contribution in [2.45, 2.75) is 19.8 Å². The Balaban J connectivity index is 2.10. The number of nitrogens with one attached hydrogen (secondary N) is 1. The molecule has 1 aliphatic rings. The number of nitrogens with zero attached hydrogens (tertiary/aromatic N) is 1. The van der Waals surface area contributed by atoms with Gasteiger partial charge >= 0.3 is 0 Å². The molecule has 1 aliphatic heterocycles. The molecule has 1 unspecified atom stereocenters. The van der Waals surface area contributed by atoms with E-state index in [1.54, 1.807) is 0 Å². The van der Waals surface area contributed by atoms with Crippen LogP contribution in [0.2, 0.25) is 0 Å². The Morgan fingerprint density at radius 1 is 1.60 bits per heavy atom. The largest absolute Gasteiger partial charge is 0.396 e. The Morgan fingerprint density at radius 3 is 3.00 bits per heavy atom. The highest BCUT2D eigenvalue weighted by atomic mass is 16.3. The van der Waals surface area contributed by atoms with Crippen molar-refractivity contribution in [2.75, 3.05) is 39.3 Å². The van der Waals surface area contributed by atoms with E-state index in [1.165, 1.54) is 12.0 Å². The number of aliphatic hydroxyl groups excluding tert-OH is 1. The smallest absolute Gasteiger partial charge is 0.0471 e. The van der Waals surface area contributed by atoms with Crippen LogP contribution in [0.4, 0.5) is 0 Å². The molecule has 0 saturated carbocycles. The Bertz CT molecular complexity index is 194. The Hall–Kier alpha value is -0.380. The second-order valence-corrected chi connectivity index (χ2v) is 4.50. The third-order valence-corrected chi connectivity index (χ3v) is 2.88. The lowest BCUT2D eigenvalue weighted by atomic mass is 10.1. The lowest BCUT2D eigenvalue weighted by Gasteiger charge is -2.17. The van der Waals surface area contributed by atoms with E-state index in [9.17, 15) is 0 Å².